The molecule has 1 aliphatic heterocycles. The van der Waals surface area contributed by atoms with Crippen molar-refractivity contribution in [3.63, 3.8) is 0 Å². The number of hydrogen-bond acceptors (Lipinski definition) is 4. The number of halogens is 1. The molecule has 114 valence electrons. The topological polar surface area (TPSA) is 75.3 Å². The number of alkyl halides is 1. The molecule has 0 aromatic carbocycles. The van der Waals surface area contributed by atoms with Gasteiger partial charge in [0.1, 0.15) is 0 Å². The summed E-state index contributed by atoms with van der Waals surface area (Å²) in [6.45, 7) is 5.29. The minimum atomic E-state index is -3.57. The Kier molecular flexibility index (Phi) is 5.06. The monoisotopic (exact) mass is 321 g/mol. The SMILES string of the molecule is CCOC1CCN(S(=O)(=O)c2n[nH]c(C)c2CCl)CC1. The molecule has 1 fully saturated rings. The van der Waals surface area contributed by atoms with Gasteiger partial charge in [0, 0.05) is 31.0 Å². The molecule has 20 heavy (non-hydrogen) atoms. The van der Waals surface area contributed by atoms with Crippen LogP contribution in [0.1, 0.15) is 31.0 Å². The first-order chi connectivity index (χ1) is 9.50. The number of aromatic amines is 1. The molecular formula is C12H20ClN3O3S. The van der Waals surface area contributed by atoms with Gasteiger partial charge >= 0.3 is 0 Å². The second kappa shape index (κ2) is 6.43. The van der Waals surface area contributed by atoms with Gasteiger partial charge in [-0.15, -0.1) is 11.6 Å². The highest BCUT2D eigenvalue weighted by atomic mass is 35.5. The van der Waals surface area contributed by atoms with E-state index in [1.165, 1.54) is 4.31 Å². The maximum absolute atomic E-state index is 12.6. The van der Waals surface area contributed by atoms with E-state index in [4.69, 9.17) is 16.3 Å². The molecule has 0 spiro atoms. The summed E-state index contributed by atoms with van der Waals surface area (Å²) in [5.41, 5.74) is 1.25. The lowest BCUT2D eigenvalue weighted by Gasteiger charge is -2.30. The number of nitrogens with one attached hydrogen (secondary N) is 1. The van der Waals surface area contributed by atoms with Crippen molar-refractivity contribution in [2.24, 2.45) is 0 Å². The number of sulfonamides is 1. The molecular weight excluding hydrogens is 302 g/mol. The minimum absolute atomic E-state index is 0.0554. The Hall–Kier alpha value is -0.630. The van der Waals surface area contributed by atoms with Crippen LogP contribution in [0.5, 0.6) is 0 Å². The molecule has 1 aromatic rings. The number of aryl methyl sites for hydroxylation is 1. The van der Waals surface area contributed by atoms with Gasteiger partial charge in [0.15, 0.2) is 5.03 Å². The number of aromatic nitrogens is 2. The van der Waals surface area contributed by atoms with E-state index < -0.39 is 10.0 Å². The van der Waals surface area contributed by atoms with Crippen molar-refractivity contribution in [1.29, 1.82) is 0 Å². The van der Waals surface area contributed by atoms with Crippen molar-refractivity contribution in [2.75, 3.05) is 19.7 Å². The first-order valence-electron chi connectivity index (χ1n) is 6.72. The van der Waals surface area contributed by atoms with Crippen molar-refractivity contribution in [3.05, 3.63) is 11.3 Å². The van der Waals surface area contributed by atoms with E-state index in [0.29, 0.717) is 43.8 Å². The van der Waals surface area contributed by atoms with Gasteiger partial charge < -0.3 is 4.74 Å². The molecule has 1 saturated heterocycles. The van der Waals surface area contributed by atoms with E-state index in [1.54, 1.807) is 6.92 Å². The summed E-state index contributed by atoms with van der Waals surface area (Å²) < 4.78 is 32.2. The Morgan fingerprint density at radius 2 is 2.10 bits per heavy atom. The van der Waals surface area contributed by atoms with Crippen LogP contribution in [0.2, 0.25) is 0 Å². The fourth-order valence-corrected chi connectivity index (χ4v) is 4.44. The van der Waals surface area contributed by atoms with Crippen molar-refractivity contribution >= 4 is 21.6 Å². The Labute approximate surface area is 124 Å². The highest BCUT2D eigenvalue weighted by Gasteiger charge is 2.33. The molecule has 0 unspecified atom stereocenters. The second-order valence-electron chi connectivity index (χ2n) is 4.82. The van der Waals surface area contributed by atoms with Gasteiger partial charge in [-0.1, -0.05) is 0 Å². The number of rotatable bonds is 5. The number of hydrogen-bond donors (Lipinski definition) is 1. The summed E-state index contributed by atoms with van der Waals surface area (Å²) >= 11 is 5.83. The van der Waals surface area contributed by atoms with Crippen LogP contribution in [0.25, 0.3) is 0 Å². The quantitative estimate of drug-likeness (QED) is 0.837. The third-order valence-corrected chi connectivity index (χ3v) is 5.70. The Morgan fingerprint density at radius 1 is 1.45 bits per heavy atom. The molecule has 2 rings (SSSR count). The van der Waals surface area contributed by atoms with Crippen LogP contribution < -0.4 is 0 Å². The van der Waals surface area contributed by atoms with Gasteiger partial charge in [0.05, 0.1) is 12.0 Å². The zero-order valence-corrected chi connectivity index (χ0v) is 13.3. The smallest absolute Gasteiger partial charge is 0.262 e. The van der Waals surface area contributed by atoms with Crippen LogP contribution in [0.4, 0.5) is 0 Å². The van der Waals surface area contributed by atoms with Gasteiger partial charge in [-0.25, -0.2) is 8.42 Å². The lowest BCUT2D eigenvalue weighted by molar-refractivity contribution is 0.0289. The van der Waals surface area contributed by atoms with E-state index in [-0.39, 0.29) is 17.0 Å². The summed E-state index contributed by atoms with van der Waals surface area (Å²) in [7, 11) is -3.57. The van der Waals surface area contributed by atoms with Crippen molar-refractivity contribution < 1.29 is 13.2 Å². The molecule has 0 radical (unpaired) electrons. The first-order valence-corrected chi connectivity index (χ1v) is 8.69. The third kappa shape index (κ3) is 3.00. The molecule has 1 aliphatic rings. The van der Waals surface area contributed by atoms with Crippen LogP contribution >= 0.6 is 11.6 Å². The van der Waals surface area contributed by atoms with Gasteiger partial charge in [-0.3, -0.25) is 5.10 Å². The predicted octanol–water partition coefficient (Wildman–Crippen LogP) is 1.65. The molecule has 6 nitrogen and oxygen atoms in total. The molecule has 8 heteroatoms. The van der Waals surface area contributed by atoms with E-state index in [1.807, 2.05) is 6.92 Å². The van der Waals surface area contributed by atoms with Crippen molar-refractivity contribution in [3.8, 4) is 0 Å². The number of H-pyrrole nitrogens is 1. The lowest BCUT2D eigenvalue weighted by Crippen LogP contribution is -2.41. The summed E-state index contributed by atoms with van der Waals surface area (Å²) in [6.07, 6.45) is 1.58. The van der Waals surface area contributed by atoms with E-state index in [0.717, 1.165) is 0 Å². The zero-order chi connectivity index (χ0) is 14.8. The predicted molar refractivity (Wildman–Crippen MR) is 76.3 cm³/mol. The standard InChI is InChI=1S/C12H20ClN3O3S/c1-3-19-10-4-6-16(7-5-10)20(17,18)12-11(8-13)9(2)14-15-12/h10H,3-8H2,1-2H3,(H,14,15). The molecule has 0 amide bonds. The van der Waals surface area contributed by atoms with Gasteiger partial charge in [0.2, 0.25) is 0 Å². The molecule has 1 N–H and O–H groups in total. The summed E-state index contributed by atoms with van der Waals surface area (Å²) in [5.74, 6) is 0.131. The Bertz CT molecular complexity index is 550. The van der Waals surface area contributed by atoms with Gasteiger partial charge in [-0.05, 0) is 26.7 Å². The number of nitrogens with zero attached hydrogens (tertiary/aromatic N) is 2. The normalized spacial score (nSPS) is 18.6. The maximum Gasteiger partial charge on any atom is 0.262 e. The highest BCUT2D eigenvalue weighted by Crippen LogP contribution is 2.25. The molecule has 0 saturated carbocycles. The Morgan fingerprint density at radius 3 is 2.65 bits per heavy atom. The average molecular weight is 322 g/mol. The fraction of sp³-hybridized carbons (Fsp3) is 0.750. The zero-order valence-electron chi connectivity index (χ0n) is 11.7. The molecule has 0 bridgehead atoms. The molecule has 0 atom stereocenters. The van der Waals surface area contributed by atoms with Crippen LogP contribution in [0.3, 0.4) is 0 Å². The largest absolute Gasteiger partial charge is 0.378 e. The van der Waals surface area contributed by atoms with E-state index in [2.05, 4.69) is 10.2 Å². The van der Waals surface area contributed by atoms with Crippen molar-refractivity contribution in [2.45, 2.75) is 43.7 Å². The summed E-state index contributed by atoms with van der Waals surface area (Å²) in [5, 5.41) is 6.67. The number of ether oxygens (including phenoxy) is 1. The lowest BCUT2D eigenvalue weighted by atomic mass is 10.1. The van der Waals surface area contributed by atoms with E-state index in [9.17, 15) is 8.42 Å². The van der Waals surface area contributed by atoms with Crippen LogP contribution in [-0.4, -0.2) is 48.7 Å². The van der Waals surface area contributed by atoms with Crippen LogP contribution in [-0.2, 0) is 20.6 Å². The molecule has 0 aliphatic carbocycles. The van der Waals surface area contributed by atoms with Gasteiger partial charge in [0.25, 0.3) is 10.0 Å². The van der Waals surface area contributed by atoms with Gasteiger partial charge in [-0.2, -0.15) is 9.40 Å². The molecule has 1 aromatic heterocycles. The van der Waals surface area contributed by atoms with Crippen LogP contribution in [0, 0.1) is 6.92 Å². The Balaban J connectivity index is 2.15. The van der Waals surface area contributed by atoms with Crippen LogP contribution in [0.15, 0.2) is 5.03 Å². The third-order valence-electron chi connectivity index (χ3n) is 3.56. The highest BCUT2D eigenvalue weighted by molar-refractivity contribution is 7.89. The second-order valence-corrected chi connectivity index (χ2v) is 6.95. The first kappa shape index (κ1) is 15.8. The van der Waals surface area contributed by atoms with E-state index >= 15 is 0 Å². The maximum atomic E-state index is 12.6. The average Bonchev–Trinajstić information content (AvgIpc) is 2.81. The molecule has 2 heterocycles. The fourth-order valence-electron chi connectivity index (χ4n) is 2.40. The van der Waals surface area contributed by atoms with Crippen molar-refractivity contribution in [1.82, 2.24) is 14.5 Å². The summed E-state index contributed by atoms with van der Waals surface area (Å²) in [4.78, 5) is 0. The summed E-state index contributed by atoms with van der Waals surface area (Å²) in [6, 6.07) is 0. The minimum Gasteiger partial charge on any atom is -0.378 e. The number of piperidine rings is 1.